The first-order valence-corrected chi connectivity index (χ1v) is 7.43. The molecule has 0 radical (unpaired) electrons. The fourth-order valence-corrected chi connectivity index (χ4v) is 2.34. The number of ether oxygens (including phenoxy) is 2. The van der Waals surface area contributed by atoms with Gasteiger partial charge in [-0.3, -0.25) is 0 Å². The zero-order valence-electron chi connectivity index (χ0n) is 12.8. The molecule has 0 bridgehead atoms. The van der Waals surface area contributed by atoms with E-state index in [9.17, 15) is 13.6 Å². The number of rotatable bonds is 4. The minimum absolute atomic E-state index is 0.0201. The van der Waals surface area contributed by atoms with Crippen LogP contribution < -0.4 is 0 Å². The zero-order chi connectivity index (χ0) is 16.9. The van der Waals surface area contributed by atoms with Gasteiger partial charge in [0, 0.05) is 19.2 Å². The van der Waals surface area contributed by atoms with Crippen LogP contribution in [0.25, 0.3) is 0 Å². The van der Waals surface area contributed by atoms with Crippen molar-refractivity contribution in [2.75, 3.05) is 26.3 Å². The Labute approximate surface area is 136 Å². The van der Waals surface area contributed by atoms with Gasteiger partial charge in [-0.25, -0.2) is 18.3 Å². The van der Waals surface area contributed by atoms with Crippen LogP contribution in [-0.2, 0) is 22.6 Å². The van der Waals surface area contributed by atoms with Gasteiger partial charge in [0.2, 0.25) is 0 Å². The van der Waals surface area contributed by atoms with Crippen molar-refractivity contribution in [3.63, 3.8) is 0 Å². The van der Waals surface area contributed by atoms with Crippen LogP contribution in [0.5, 0.6) is 0 Å². The van der Waals surface area contributed by atoms with Gasteiger partial charge in [0.05, 0.1) is 26.0 Å². The maximum absolute atomic E-state index is 13.2. The molecule has 3 rings (SSSR count). The number of aromatic nitrogens is 3. The quantitative estimate of drug-likeness (QED) is 0.846. The Balaban J connectivity index is 1.54. The second-order valence-electron chi connectivity index (χ2n) is 5.34. The van der Waals surface area contributed by atoms with Gasteiger partial charge in [0.25, 0.3) is 0 Å². The summed E-state index contributed by atoms with van der Waals surface area (Å²) in [6.45, 7) is 2.13. The van der Waals surface area contributed by atoms with E-state index in [1.165, 1.54) is 16.8 Å². The highest BCUT2D eigenvalue weighted by molar-refractivity contribution is 5.67. The molecule has 0 N–H and O–H groups in total. The maximum Gasteiger partial charge on any atom is 0.410 e. The first-order valence-electron chi connectivity index (χ1n) is 7.43. The van der Waals surface area contributed by atoms with Gasteiger partial charge in [-0.2, -0.15) is 0 Å². The number of hydrogen-bond acceptors (Lipinski definition) is 5. The number of amides is 1. The highest BCUT2D eigenvalue weighted by Gasteiger charge is 2.18. The number of hydrogen-bond donors (Lipinski definition) is 0. The first-order chi connectivity index (χ1) is 11.6. The molecule has 0 aliphatic carbocycles. The molecule has 2 heterocycles. The summed E-state index contributed by atoms with van der Waals surface area (Å²) in [5.74, 6) is -1.30. The average Bonchev–Trinajstić information content (AvgIpc) is 3.00. The van der Waals surface area contributed by atoms with E-state index in [1.54, 1.807) is 11.1 Å². The van der Waals surface area contributed by atoms with Crippen LogP contribution in [0.15, 0.2) is 24.4 Å². The molecule has 1 aromatic heterocycles. The summed E-state index contributed by atoms with van der Waals surface area (Å²) in [6, 6.07) is 3.26. The van der Waals surface area contributed by atoms with E-state index in [1.807, 2.05) is 0 Å². The van der Waals surface area contributed by atoms with Gasteiger partial charge in [-0.05, 0) is 17.7 Å². The minimum atomic E-state index is -0.648. The minimum Gasteiger partial charge on any atom is -0.443 e. The van der Waals surface area contributed by atoms with Crippen LogP contribution in [-0.4, -0.2) is 52.3 Å². The van der Waals surface area contributed by atoms with Crippen molar-refractivity contribution in [3.05, 3.63) is 47.3 Å². The van der Waals surface area contributed by atoms with Crippen LogP contribution in [0.3, 0.4) is 0 Å². The molecule has 9 heteroatoms. The van der Waals surface area contributed by atoms with E-state index in [4.69, 9.17) is 9.47 Å². The predicted molar refractivity (Wildman–Crippen MR) is 78.1 cm³/mol. The molecule has 2 aromatic rings. The van der Waals surface area contributed by atoms with Crippen LogP contribution >= 0.6 is 0 Å². The number of nitrogens with zero attached hydrogens (tertiary/aromatic N) is 4. The standard InChI is InChI=1S/C15H16F2N4O3/c16-12-5-11(6-13(17)7-12)8-21-9-14(18-19-21)10-24-15(22)20-1-3-23-4-2-20/h5-7,9H,1-4,8,10H2. The van der Waals surface area contributed by atoms with Crippen molar-refractivity contribution in [1.82, 2.24) is 19.9 Å². The molecule has 1 aromatic carbocycles. The third kappa shape index (κ3) is 4.25. The Hall–Kier alpha value is -2.55. The fraction of sp³-hybridized carbons (Fsp3) is 0.400. The normalized spacial score (nSPS) is 14.7. The SMILES string of the molecule is O=C(OCc1cn(Cc2cc(F)cc(F)c2)nn1)N1CCOCC1. The largest absolute Gasteiger partial charge is 0.443 e. The summed E-state index contributed by atoms with van der Waals surface area (Å²) >= 11 is 0. The van der Waals surface area contributed by atoms with Crippen LogP contribution in [0, 0.1) is 11.6 Å². The van der Waals surface area contributed by atoms with Gasteiger partial charge in [-0.1, -0.05) is 5.21 Å². The summed E-state index contributed by atoms with van der Waals surface area (Å²) in [5, 5.41) is 7.74. The Kier molecular flexibility index (Phi) is 4.99. The molecule has 1 fully saturated rings. The number of carbonyl (C=O) groups excluding carboxylic acids is 1. The summed E-state index contributed by atoms with van der Waals surface area (Å²) in [7, 11) is 0. The first kappa shape index (κ1) is 16.3. The molecule has 7 nitrogen and oxygen atoms in total. The van der Waals surface area contributed by atoms with E-state index in [0.717, 1.165) is 6.07 Å². The second kappa shape index (κ2) is 7.35. The molecule has 1 saturated heterocycles. The summed E-state index contributed by atoms with van der Waals surface area (Å²) in [5.41, 5.74) is 0.878. The Morgan fingerprint density at radius 1 is 1.21 bits per heavy atom. The van der Waals surface area contributed by atoms with Crippen LogP contribution in [0.2, 0.25) is 0 Å². The van der Waals surface area contributed by atoms with Gasteiger partial charge in [0.15, 0.2) is 0 Å². The Morgan fingerprint density at radius 3 is 2.62 bits per heavy atom. The highest BCUT2D eigenvalue weighted by Crippen LogP contribution is 2.10. The molecule has 128 valence electrons. The van der Waals surface area contributed by atoms with Crippen molar-refractivity contribution in [2.45, 2.75) is 13.2 Å². The van der Waals surface area contributed by atoms with E-state index in [2.05, 4.69) is 10.3 Å². The Bertz CT molecular complexity index is 696. The molecule has 0 spiro atoms. The van der Waals surface area contributed by atoms with Crippen molar-refractivity contribution in [1.29, 1.82) is 0 Å². The van der Waals surface area contributed by atoms with E-state index in [0.29, 0.717) is 37.6 Å². The van der Waals surface area contributed by atoms with E-state index in [-0.39, 0.29) is 13.2 Å². The van der Waals surface area contributed by atoms with Crippen LogP contribution in [0.4, 0.5) is 13.6 Å². The molecule has 1 aliphatic heterocycles. The van der Waals surface area contributed by atoms with Crippen LogP contribution in [0.1, 0.15) is 11.3 Å². The van der Waals surface area contributed by atoms with E-state index >= 15 is 0 Å². The van der Waals surface area contributed by atoms with Crippen molar-refractivity contribution in [3.8, 4) is 0 Å². The summed E-state index contributed by atoms with van der Waals surface area (Å²) in [4.78, 5) is 13.4. The molecule has 0 saturated carbocycles. The average molecular weight is 338 g/mol. The van der Waals surface area contributed by atoms with Gasteiger partial charge >= 0.3 is 6.09 Å². The van der Waals surface area contributed by atoms with Crippen molar-refractivity contribution >= 4 is 6.09 Å². The lowest BCUT2D eigenvalue weighted by Gasteiger charge is -2.25. The second-order valence-corrected chi connectivity index (χ2v) is 5.34. The maximum atomic E-state index is 13.2. The van der Waals surface area contributed by atoms with Gasteiger partial charge in [0.1, 0.15) is 23.9 Å². The highest BCUT2D eigenvalue weighted by atomic mass is 19.1. The molecule has 24 heavy (non-hydrogen) atoms. The van der Waals surface area contributed by atoms with Crippen molar-refractivity contribution < 1.29 is 23.0 Å². The third-order valence-electron chi connectivity index (χ3n) is 3.47. The lowest BCUT2D eigenvalue weighted by molar-refractivity contribution is 0.0246. The number of benzene rings is 1. The fourth-order valence-electron chi connectivity index (χ4n) is 2.34. The molecular weight excluding hydrogens is 322 g/mol. The third-order valence-corrected chi connectivity index (χ3v) is 3.47. The Morgan fingerprint density at radius 2 is 1.92 bits per heavy atom. The monoisotopic (exact) mass is 338 g/mol. The topological polar surface area (TPSA) is 69.5 Å². The zero-order valence-corrected chi connectivity index (χ0v) is 12.8. The lowest BCUT2D eigenvalue weighted by Crippen LogP contribution is -2.40. The summed E-state index contributed by atoms with van der Waals surface area (Å²) in [6.07, 6.45) is 1.13. The van der Waals surface area contributed by atoms with Gasteiger partial charge < -0.3 is 14.4 Å². The van der Waals surface area contributed by atoms with E-state index < -0.39 is 17.7 Å². The molecule has 0 atom stereocenters. The molecule has 1 amide bonds. The van der Waals surface area contributed by atoms with Crippen molar-refractivity contribution in [2.24, 2.45) is 0 Å². The molecular formula is C15H16F2N4O3. The smallest absolute Gasteiger partial charge is 0.410 e. The number of morpholine rings is 1. The number of carbonyl (C=O) groups is 1. The lowest BCUT2D eigenvalue weighted by atomic mass is 10.2. The van der Waals surface area contributed by atoms with Gasteiger partial charge in [-0.15, -0.1) is 5.10 Å². The number of halogens is 2. The molecule has 0 unspecified atom stereocenters. The predicted octanol–water partition coefficient (Wildman–Crippen LogP) is 1.57. The molecule has 1 aliphatic rings. The summed E-state index contributed by atoms with van der Waals surface area (Å²) < 4.78 is 38.1.